The summed E-state index contributed by atoms with van der Waals surface area (Å²) in [5.74, 6) is -2.07. The number of benzene rings is 2. The van der Waals surface area contributed by atoms with Crippen LogP contribution in [0.1, 0.15) is 38.8 Å². The van der Waals surface area contributed by atoms with Crippen molar-refractivity contribution in [2.45, 2.75) is 34.1 Å². The van der Waals surface area contributed by atoms with Crippen molar-refractivity contribution < 1.29 is 22.3 Å². The summed E-state index contributed by atoms with van der Waals surface area (Å²) in [6.45, 7) is 11.3. The van der Waals surface area contributed by atoms with Crippen molar-refractivity contribution in [2.75, 3.05) is 13.2 Å². The highest BCUT2D eigenvalue weighted by Gasteiger charge is 2.28. The maximum Gasteiger partial charge on any atom is 0.272 e. The summed E-state index contributed by atoms with van der Waals surface area (Å²) in [5, 5.41) is 0. The lowest BCUT2D eigenvalue weighted by Gasteiger charge is -2.34. The fourth-order valence-corrected chi connectivity index (χ4v) is 3.34. The van der Waals surface area contributed by atoms with E-state index < -0.39 is 24.7 Å². The Labute approximate surface area is 181 Å². The first-order valence-electron chi connectivity index (χ1n) is 10.2. The minimum Gasteiger partial charge on any atom is -0.487 e. The molecule has 3 rings (SSSR count). The number of halogens is 4. The molecule has 2 nitrogen and oxygen atoms in total. The molecule has 0 aliphatic carbocycles. The third-order valence-corrected chi connectivity index (χ3v) is 4.70. The molecule has 0 radical (unpaired) electrons. The summed E-state index contributed by atoms with van der Waals surface area (Å²) >= 11 is 0. The van der Waals surface area contributed by atoms with Crippen molar-refractivity contribution in [3.05, 3.63) is 89.2 Å². The van der Waals surface area contributed by atoms with E-state index in [1.807, 2.05) is 64.1 Å². The molecule has 31 heavy (non-hydrogen) atoms. The van der Waals surface area contributed by atoms with Crippen LogP contribution in [0.5, 0.6) is 5.75 Å². The third kappa shape index (κ3) is 5.37. The standard InChI is InChI=1S/C23H21F4NO.C2H6/c1-4-28-15(3)14(2)10-18(16-8-6-5-7-9-16)23(28)22-19(24)11-17(12-20(22)25)29-13-21(26)27;1-2/h5-12,21H,3-4,13H2,1-2H3;1-2H3. The van der Waals surface area contributed by atoms with Gasteiger partial charge in [0.15, 0.2) is 0 Å². The first-order valence-corrected chi connectivity index (χ1v) is 10.2. The molecule has 0 atom stereocenters. The zero-order valence-corrected chi connectivity index (χ0v) is 18.2. The fourth-order valence-electron chi connectivity index (χ4n) is 3.34. The SMILES string of the molecule is C=C1C(C)=CC(c2ccccc2)=C(c2c(F)cc(OCC(F)F)cc2F)N1CC.CC. The maximum absolute atomic E-state index is 15.0. The number of nitrogens with zero attached hydrogens (tertiary/aromatic N) is 1. The van der Waals surface area contributed by atoms with Gasteiger partial charge in [-0.25, -0.2) is 17.6 Å². The maximum atomic E-state index is 15.0. The van der Waals surface area contributed by atoms with Crippen molar-refractivity contribution in [3.8, 4) is 5.75 Å². The molecule has 0 N–H and O–H groups in total. The average molecular weight is 433 g/mol. The van der Waals surface area contributed by atoms with Gasteiger partial charge < -0.3 is 9.64 Å². The lowest BCUT2D eigenvalue weighted by molar-refractivity contribution is 0.0815. The van der Waals surface area contributed by atoms with Gasteiger partial charge in [0.2, 0.25) is 0 Å². The van der Waals surface area contributed by atoms with Crippen LogP contribution in [0.2, 0.25) is 0 Å². The summed E-state index contributed by atoms with van der Waals surface area (Å²) in [6, 6.07) is 11.1. The second kappa shape index (κ2) is 10.8. The Bertz CT molecular complexity index is 957. The number of allylic oxidation sites excluding steroid dienone is 3. The summed E-state index contributed by atoms with van der Waals surface area (Å²) in [6.07, 6.45) is -0.891. The van der Waals surface area contributed by atoms with E-state index in [1.54, 1.807) is 4.90 Å². The molecule has 2 aromatic carbocycles. The van der Waals surface area contributed by atoms with Gasteiger partial charge in [-0.2, -0.15) is 0 Å². The predicted octanol–water partition coefficient (Wildman–Crippen LogP) is 7.30. The molecule has 0 saturated carbocycles. The Balaban J connectivity index is 0.00000166. The molecule has 6 heteroatoms. The normalized spacial score (nSPS) is 13.8. The summed E-state index contributed by atoms with van der Waals surface area (Å²) < 4.78 is 59.6. The highest BCUT2D eigenvalue weighted by Crippen LogP contribution is 2.41. The van der Waals surface area contributed by atoms with E-state index in [2.05, 4.69) is 6.58 Å². The number of likely N-dealkylation sites (N-methyl/N-ethyl adjacent to an activating group) is 1. The van der Waals surface area contributed by atoms with E-state index >= 15 is 8.78 Å². The van der Waals surface area contributed by atoms with Crippen LogP contribution in [0.15, 0.2) is 66.4 Å². The highest BCUT2D eigenvalue weighted by molar-refractivity contribution is 5.98. The zero-order valence-electron chi connectivity index (χ0n) is 18.2. The lowest BCUT2D eigenvalue weighted by Crippen LogP contribution is -2.26. The smallest absolute Gasteiger partial charge is 0.272 e. The molecule has 0 spiro atoms. The molecular weight excluding hydrogens is 406 g/mol. The Kier molecular flexibility index (Phi) is 8.48. The van der Waals surface area contributed by atoms with E-state index in [0.29, 0.717) is 23.5 Å². The molecule has 0 bridgehead atoms. The molecule has 166 valence electrons. The number of hydrogen-bond acceptors (Lipinski definition) is 2. The van der Waals surface area contributed by atoms with Gasteiger partial charge in [0, 0.05) is 29.9 Å². The van der Waals surface area contributed by atoms with Crippen LogP contribution >= 0.6 is 0 Å². The molecule has 0 saturated heterocycles. The van der Waals surface area contributed by atoms with E-state index in [9.17, 15) is 8.78 Å². The Morgan fingerprint density at radius 2 is 1.61 bits per heavy atom. The van der Waals surface area contributed by atoms with Crippen molar-refractivity contribution in [3.63, 3.8) is 0 Å². The Morgan fingerprint density at radius 1 is 1.03 bits per heavy atom. The predicted molar refractivity (Wildman–Crippen MR) is 118 cm³/mol. The van der Waals surface area contributed by atoms with Gasteiger partial charge >= 0.3 is 0 Å². The number of ether oxygens (including phenoxy) is 1. The molecular formula is C25H27F4NO. The lowest BCUT2D eigenvalue weighted by atomic mass is 9.91. The first kappa shape index (κ1) is 24.3. The van der Waals surface area contributed by atoms with Crippen molar-refractivity contribution in [2.24, 2.45) is 0 Å². The third-order valence-electron chi connectivity index (χ3n) is 4.70. The molecule has 0 aromatic heterocycles. The largest absolute Gasteiger partial charge is 0.487 e. The van der Waals surface area contributed by atoms with Gasteiger partial charge in [-0.15, -0.1) is 0 Å². The number of rotatable bonds is 6. The van der Waals surface area contributed by atoms with Crippen LogP contribution < -0.4 is 4.74 Å². The van der Waals surface area contributed by atoms with Crippen LogP contribution in [-0.2, 0) is 0 Å². The average Bonchev–Trinajstić information content (AvgIpc) is 2.76. The van der Waals surface area contributed by atoms with Gasteiger partial charge in [-0.05, 0) is 31.1 Å². The van der Waals surface area contributed by atoms with E-state index in [1.165, 1.54) is 0 Å². The van der Waals surface area contributed by atoms with Crippen molar-refractivity contribution >= 4 is 11.3 Å². The topological polar surface area (TPSA) is 12.5 Å². The molecule has 2 aromatic rings. The van der Waals surface area contributed by atoms with Crippen LogP contribution in [0.3, 0.4) is 0 Å². The van der Waals surface area contributed by atoms with Crippen LogP contribution in [0.25, 0.3) is 11.3 Å². The van der Waals surface area contributed by atoms with Crippen LogP contribution in [-0.4, -0.2) is 24.5 Å². The van der Waals surface area contributed by atoms with Gasteiger partial charge in [0.05, 0.1) is 11.3 Å². The van der Waals surface area contributed by atoms with E-state index in [-0.39, 0.29) is 11.3 Å². The number of alkyl halides is 2. The molecule has 0 unspecified atom stereocenters. The Hall–Kier alpha value is -3.02. The minimum atomic E-state index is -2.74. The second-order valence-electron chi connectivity index (χ2n) is 6.61. The summed E-state index contributed by atoms with van der Waals surface area (Å²) in [7, 11) is 0. The van der Waals surface area contributed by atoms with Gasteiger partial charge in [-0.1, -0.05) is 50.8 Å². The fraction of sp³-hybridized carbons (Fsp3) is 0.280. The molecule has 1 aliphatic rings. The first-order chi connectivity index (χ1) is 14.8. The van der Waals surface area contributed by atoms with Crippen LogP contribution in [0.4, 0.5) is 17.6 Å². The van der Waals surface area contributed by atoms with E-state index in [4.69, 9.17) is 4.74 Å². The zero-order chi connectivity index (χ0) is 23.1. The van der Waals surface area contributed by atoms with Gasteiger partial charge in [0.1, 0.15) is 24.0 Å². The van der Waals surface area contributed by atoms with Crippen molar-refractivity contribution in [1.82, 2.24) is 4.90 Å². The Morgan fingerprint density at radius 3 is 2.13 bits per heavy atom. The van der Waals surface area contributed by atoms with Gasteiger partial charge in [0.25, 0.3) is 6.43 Å². The monoisotopic (exact) mass is 433 g/mol. The quantitative estimate of drug-likeness (QED) is 0.443. The number of hydrogen-bond donors (Lipinski definition) is 0. The second-order valence-corrected chi connectivity index (χ2v) is 6.61. The van der Waals surface area contributed by atoms with E-state index in [0.717, 1.165) is 23.3 Å². The molecule has 1 aliphatic heterocycles. The van der Waals surface area contributed by atoms with Gasteiger partial charge in [-0.3, -0.25) is 0 Å². The highest BCUT2D eigenvalue weighted by atomic mass is 19.3. The molecule has 0 fully saturated rings. The molecule has 1 heterocycles. The van der Waals surface area contributed by atoms with Crippen LogP contribution in [0, 0.1) is 11.6 Å². The van der Waals surface area contributed by atoms with Crippen molar-refractivity contribution in [1.29, 1.82) is 0 Å². The minimum absolute atomic E-state index is 0.250. The molecule has 0 amide bonds. The summed E-state index contributed by atoms with van der Waals surface area (Å²) in [5.41, 5.74) is 3.05. The summed E-state index contributed by atoms with van der Waals surface area (Å²) in [4.78, 5) is 1.75.